The van der Waals surface area contributed by atoms with Crippen molar-refractivity contribution < 1.29 is 19.2 Å². The molecule has 7 nitrogen and oxygen atoms in total. The van der Waals surface area contributed by atoms with Gasteiger partial charge in [-0.05, 0) is 30.2 Å². The number of aryl methyl sites for hydroxylation is 1. The van der Waals surface area contributed by atoms with Crippen LogP contribution in [0.15, 0.2) is 34.8 Å². The molecule has 0 unspecified atom stereocenters. The average Bonchev–Trinajstić information content (AvgIpc) is 2.57. The van der Waals surface area contributed by atoms with Crippen LogP contribution in [0.2, 0.25) is 0 Å². The minimum Gasteiger partial charge on any atom is -0.486 e. The molecule has 1 N–H and O–H groups in total. The molecule has 0 bridgehead atoms. The molecule has 0 radical (unpaired) electrons. The maximum Gasteiger partial charge on any atom is 0.271 e. The SMILES string of the molecule is Cc1ccc([N+](=O)[O-])cc1NC(=O)Cc1cc2c(cc1Br)OCCO2. The van der Waals surface area contributed by atoms with Gasteiger partial charge in [-0.1, -0.05) is 22.0 Å². The lowest BCUT2D eigenvalue weighted by Crippen LogP contribution is -2.18. The first-order valence-corrected chi connectivity index (χ1v) is 8.36. The van der Waals surface area contributed by atoms with Gasteiger partial charge in [-0.2, -0.15) is 0 Å². The van der Waals surface area contributed by atoms with Crippen molar-refractivity contribution in [2.75, 3.05) is 18.5 Å². The Hall–Kier alpha value is -2.61. The maximum absolute atomic E-state index is 12.4. The summed E-state index contributed by atoms with van der Waals surface area (Å²) in [5.74, 6) is 0.960. The van der Waals surface area contributed by atoms with E-state index in [0.29, 0.717) is 30.4 Å². The number of fused-ring (bicyclic) bond motifs is 1. The molecule has 0 saturated heterocycles. The van der Waals surface area contributed by atoms with E-state index in [0.717, 1.165) is 15.6 Å². The second-order valence-electron chi connectivity index (χ2n) is 5.57. The number of benzene rings is 2. The maximum atomic E-state index is 12.4. The minimum absolute atomic E-state index is 0.0681. The number of hydrogen-bond acceptors (Lipinski definition) is 5. The van der Waals surface area contributed by atoms with Crippen molar-refractivity contribution in [3.8, 4) is 11.5 Å². The Morgan fingerprint density at radius 3 is 2.60 bits per heavy atom. The summed E-state index contributed by atoms with van der Waals surface area (Å²) < 4.78 is 11.8. The summed E-state index contributed by atoms with van der Waals surface area (Å²) in [5, 5.41) is 13.6. The molecule has 8 heteroatoms. The number of halogens is 1. The number of hydrogen-bond donors (Lipinski definition) is 1. The third-order valence-electron chi connectivity index (χ3n) is 3.77. The third kappa shape index (κ3) is 3.90. The number of nitro groups is 1. The fourth-order valence-electron chi connectivity index (χ4n) is 2.47. The van der Waals surface area contributed by atoms with Crippen molar-refractivity contribution >= 4 is 33.2 Å². The van der Waals surface area contributed by atoms with Crippen LogP contribution in [0.5, 0.6) is 11.5 Å². The smallest absolute Gasteiger partial charge is 0.271 e. The Morgan fingerprint density at radius 1 is 1.24 bits per heavy atom. The molecule has 1 amide bonds. The zero-order chi connectivity index (χ0) is 18.0. The molecule has 2 aromatic rings. The highest BCUT2D eigenvalue weighted by Crippen LogP contribution is 2.35. The van der Waals surface area contributed by atoms with Crippen LogP contribution in [0.3, 0.4) is 0 Å². The Labute approximate surface area is 152 Å². The van der Waals surface area contributed by atoms with E-state index in [9.17, 15) is 14.9 Å². The number of carbonyl (C=O) groups excluding carboxylic acids is 1. The molecule has 130 valence electrons. The van der Waals surface area contributed by atoms with Crippen molar-refractivity contribution in [2.24, 2.45) is 0 Å². The van der Waals surface area contributed by atoms with Crippen LogP contribution >= 0.6 is 15.9 Å². The van der Waals surface area contributed by atoms with Crippen molar-refractivity contribution in [3.63, 3.8) is 0 Å². The lowest BCUT2D eigenvalue weighted by Gasteiger charge is -2.20. The second kappa shape index (κ2) is 7.10. The van der Waals surface area contributed by atoms with E-state index in [1.54, 1.807) is 25.1 Å². The first-order chi connectivity index (χ1) is 11.9. The van der Waals surface area contributed by atoms with Crippen molar-refractivity contribution in [1.82, 2.24) is 0 Å². The number of nitro benzene ring substituents is 1. The highest BCUT2D eigenvalue weighted by Gasteiger charge is 2.17. The lowest BCUT2D eigenvalue weighted by atomic mass is 10.1. The van der Waals surface area contributed by atoms with E-state index in [2.05, 4.69) is 21.2 Å². The molecule has 1 aliphatic rings. The number of non-ortho nitro benzene ring substituents is 1. The van der Waals surface area contributed by atoms with Crippen LogP contribution in [-0.2, 0) is 11.2 Å². The summed E-state index contributed by atoms with van der Waals surface area (Å²) in [4.78, 5) is 22.8. The van der Waals surface area contributed by atoms with Gasteiger partial charge in [0.05, 0.1) is 17.0 Å². The molecule has 2 aromatic carbocycles. The predicted molar refractivity (Wildman–Crippen MR) is 95.3 cm³/mol. The van der Waals surface area contributed by atoms with Gasteiger partial charge in [0, 0.05) is 16.6 Å². The molecule has 25 heavy (non-hydrogen) atoms. The van der Waals surface area contributed by atoms with Gasteiger partial charge in [-0.25, -0.2) is 0 Å². The van der Waals surface area contributed by atoms with E-state index in [1.807, 2.05) is 0 Å². The fraction of sp³-hybridized carbons (Fsp3) is 0.235. The minimum atomic E-state index is -0.494. The molecule has 0 spiro atoms. The third-order valence-corrected chi connectivity index (χ3v) is 4.51. The molecule has 1 aliphatic heterocycles. The second-order valence-corrected chi connectivity index (χ2v) is 6.42. The van der Waals surface area contributed by atoms with Gasteiger partial charge in [0.25, 0.3) is 5.69 Å². The van der Waals surface area contributed by atoms with E-state index < -0.39 is 4.92 Å². The van der Waals surface area contributed by atoms with Gasteiger partial charge >= 0.3 is 0 Å². The van der Waals surface area contributed by atoms with E-state index >= 15 is 0 Å². The van der Waals surface area contributed by atoms with Crippen LogP contribution in [0.1, 0.15) is 11.1 Å². The summed E-state index contributed by atoms with van der Waals surface area (Å²) in [5.41, 5.74) is 1.85. The number of nitrogens with zero attached hydrogens (tertiary/aromatic N) is 1. The van der Waals surface area contributed by atoms with Gasteiger partial charge in [0.2, 0.25) is 5.91 Å². The number of amides is 1. The highest BCUT2D eigenvalue weighted by molar-refractivity contribution is 9.10. The Bertz CT molecular complexity index is 853. The molecule has 3 rings (SSSR count). The van der Waals surface area contributed by atoms with Crippen LogP contribution in [-0.4, -0.2) is 24.0 Å². The van der Waals surface area contributed by atoms with Gasteiger partial charge in [0.1, 0.15) is 13.2 Å². The number of rotatable bonds is 4. The molecule has 0 aromatic heterocycles. The summed E-state index contributed by atoms with van der Waals surface area (Å²) in [6.45, 7) is 2.73. The summed E-state index contributed by atoms with van der Waals surface area (Å²) >= 11 is 3.43. The monoisotopic (exact) mass is 406 g/mol. The average molecular weight is 407 g/mol. The Morgan fingerprint density at radius 2 is 1.92 bits per heavy atom. The normalized spacial score (nSPS) is 12.6. The summed E-state index contributed by atoms with van der Waals surface area (Å²) in [6, 6.07) is 7.90. The molecule has 0 saturated carbocycles. The van der Waals surface area contributed by atoms with Crippen LogP contribution in [0.4, 0.5) is 11.4 Å². The lowest BCUT2D eigenvalue weighted by molar-refractivity contribution is -0.384. The number of nitrogens with one attached hydrogen (secondary N) is 1. The molecule has 0 atom stereocenters. The number of ether oxygens (including phenoxy) is 2. The van der Waals surface area contributed by atoms with Gasteiger partial charge in [0.15, 0.2) is 11.5 Å². The van der Waals surface area contributed by atoms with Crippen LogP contribution in [0.25, 0.3) is 0 Å². The van der Waals surface area contributed by atoms with Crippen LogP contribution in [0, 0.1) is 17.0 Å². The topological polar surface area (TPSA) is 90.7 Å². The highest BCUT2D eigenvalue weighted by atomic mass is 79.9. The zero-order valence-electron chi connectivity index (χ0n) is 13.4. The van der Waals surface area contributed by atoms with E-state index in [-0.39, 0.29) is 18.0 Å². The van der Waals surface area contributed by atoms with Crippen molar-refractivity contribution in [1.29, 1.82) is 0 Å². The first kappa shape index (κ1) is 17.2. The van der Waals surface area contributed by atoms with Crippen molar-refractivity contribution in [3.05, 3.63) is 56.0 Å². The van der Waals surface area contributed by atoms with Gasteiger partial charge in [-0.3, -0.25) is 14.9 Å². The van der Waals surface area contributed by atoms with Gasteiger partial charge < -0.3 is 14.8 Å². The zero-order valence-corrected chi connectivity index (χ0v) is 15.0. The summed E-state index contributed by atoms with van der Waals surface area (Å²) in [7, 11) is 0. The first-order valence-electron chi connectivity index (χ1n) is 7.57. The van der Waals surface area contributed by atoms with E-state index in [4.69, 9.17) is 9.47 Å². The number of carbonyl (C=O) groups is 1. The Kier molecular flexibility index (Phi) is 4.89. The Balaban J connectivity index is 1.77. The molecular formula is C17H15BrN2O5. The fourth-order valence-corrected chi connectivity index (χ4v) is 2.93. The molecule has 0 fully saturated rings. The standard InChI is InChI=1S/C17H15BrN2O5/c1-10-2-3-12(20(22)23)8-14(10)19-17(21)7-11-6-15-16(9-13(11)18)25-5-4-24-15/h2-3,6,8-9H,4-5,7H2,1H3,(H,19,21). The van der Waals surface area contributed by atoms with Crippen molar-refractivity contribution in [2.45, 2.75) is 13.3 Å². The summed E-state index contributed by atoms with van der Waals surface area (Å²) in [6.07, 6.45) is 0.0966. The van der Waals surface area contributed by atoms with E-state index in [1.165, 1.54) is 12.1 Å². The van der Waals surface area contributed by atoms with Gasteiger partial charge in [-0.15, -0.1) is 0 Å². The van der Waals surface area contributed by atoms with Crippen LogP contribution < -0.4 is 14.8 Å². The largest absolute Gasteiger partial charge is 0.486 e. The molecule has 1 heterocycles. The predicted octanol–water partition coefficient (Wildman–Crippen LogP) is 3.62. The molecular weight excluding hydrogens is 392 g/mol. The molecule has 0 aliphatic carbocycles. The number of anilines is 1. The quantitative estimate of drug-likeness (QED) is 0.618.